The Morgan fingerprint density at radius 1 is 1.38 bits per heavy atom. The second-order valence-electron chi connectivity index (χ2n) is 3.81. The van der Waals surface area contributed by atoms with Crippen LogP contribution < -0.4 is 10.1 Å². The molecule has 3 heteroatoms. The number of methoxy groups -OCH3 is 1. The van der Waals surface area contributed by atoms with Crippen molar-refractivity contribution in [3.63, 3.8) is 0 Å². The van der Waals surface area contributed by atoms with Crippen LogP contribution in [0.15, 0.2) is 18.2 Å². The number of hydrogen-bond donors (Lipinski definition) is 1. The van der Waals surface area contributed by atoms with E-state index in [-0.39, 0.29) is 0 Å². The van der Waals surface area contributed by atoms with Gasteiger partial charge in [0, 0.05) is 6.04 Å². The molecule has 0 spiro atoms. The van der Waals surface area contributed by atoms with Gasteiger partial charge in [0.2, 0.25) is 0 Å². The molecule has 0 saturated carbocycles. The lowest BCUT2D eigenvalue weighted by molar-refractivity contribution is 0.413. The molecule has 0 bridgehead atoms. The Bertz CT molecular complexity index is 328. The topological polar surface area (TPSA) is 21.3 Å². The number of benzene rings is 1. The summed E-state index contributed by atoms with van der Waals surface area (Å²) in [4.78, 5) is 0. The first kappa shape index (κ1) is 13.3. The fourth-order valence-corrected chi connectivity index (χ4v) is 1.90. The summed E-state index contributed by atoms with van der Waals surface area (Å²) in [5, 5.41) is 4.17. The normalized spacial score (nSPS) is 12.5. The van der Waals surface area contributed by atoms with Gasteiger partial charge >= 0.3 is 0 Å². The van der Waals surface area contributed by atoms with Crippen molar-refractivity contribution < 1.29 is 4.74 Å². The fourth-order valence-electron chi connectivity index (χ4n) is 1.71. The van der Waals surface area contributed by atoms with Crippen LogP contribution >= 0.6 is 11.6 Å². The fraction of sp³-hybridized carbons (Fsp3) is 0.538. The smallest absolute Gasteiger partial charge is 0.137 e. The third-order valence-electron chi connectivity index (χ3n) is 2.63. The van der Waals surface area contributed by atoms with Gasteiger partial charge in [-0.05, 0) is 37.1 Å². The minimum Gasteiger partial charge on any atom is -0.495 e. The van der Waals surface area contributed by atoms with Gasteiger partial charge in [-0.15, -0.1) is 0 Å². The highest BCUT2D eigenvalue weighted by atomic mass is 35.5. The molecule has 0 amide bonds. The average Bonchev–Trinajstić information content (AvgIpc) is 2.32. The molecule has 0 fully saturated rings. The van der Waals surface area contributed by atoms with Crippen molar-refractivity contribution in [1.29, 1.82) is 0 Å². The second kappa shape index (κ2) is 6.77. The maximum atomic E-state index is 6.00. The van der Waals surface area contributed by atoms with Crippen LogP contribution in [0.4, 0.5) is 0 Å². The Morgan fingerprint density at radius 3 is 2.69 bits per heavy atom. The van der Waals surface area contributed by atoms with E-state index in [1.807, 2.05) is 12.1 Å². The highest BCUT2D eigenvalue weighted by molar-refractivity contribution is 6.32. The lowest BCUT2D eigenvalue weighted by atomic mass is 10.0. The van der Waals surface area contributed by atoms with Crippen LogP contribution in [0, 0.1) is 0 Å². The molecule has 0 radical (unpaired) electrons. The Labute approximate surface area is 103 Å². The van der Waals surface area contributed by atoms with Gasteiger partial charge in [0.25, 0.3) is 0 Å². The number of nitrogens with one attached hydrogen (secondary N) is 1. The van der Waals surface area contributed by atoms with Gasteiger partial charge < -0.3 is 10.1 Å². The molecular weight excluding hydrogens is 222 g/mol. The third-order valence-corrected chi connectivity index (χ3v) is 2.94. The van der Waals surface area contributed by atoms with Crippen LogP contribution in [-0.2, 0) is 0 Å². The number of ether oxygens (including phenoxy) is 1. The van der Waals surface area contributed by atoms with Gasteiger partial charge in [0.1, 0.15) is 5.75 Å². The molecule has 0 aliphatic heterocycles. The minimum absolute atomic E-state index is 0.381. The number of halogens is 1. The van der Waals surface area contributed by atoms with Crippen LogP contribution in [0.2, 0.25) is 5.02 Å². The van der Waals surface area contributed by atoms with Gasteiger partial charge in [-0.1, -0.05) is 31.5 Å². The molecule has 0 aliphatic rings. The van der Waals surface area contributed by atoms with Gasteiger partial charge in [-0.25, -0.2) is 0 Å². The van der Waals surface area contributed by atoms with Crippen molar-refractivity contribution in [1.82, 2.24) is 5.32 Å². The predicted octanol–water partition coefficient (Wildman–Crippen LogP) is 3.80. The van der Waals surface area contributed by atoms with Crippen molar-refractivity contribution in [2.75, 3.05) is 13.7 Å². The zero-order valence-corrected chi connectivity index (χ0v) is 11.0. The Kier molecular flexibility index (Phi) is 5.64. The van der Waals surface area contributed by atoms with Crippen molar-refractivity contribution >= 4 is 11.6 Å². The first-order chi connectivity index (χ1) is 7.72. The highest BCUT2D eigenvalue weighted by Crippen LogP contribution is 2.28. The maximum absolute atomic E-state index is 6.00. The van der Waals surface area contributed by atoms with E-state index >= 15 is 0 Å². The van der Waals surface area contributed by atoms with Crippen molar-refractivity contribution in [3.8, 4) is 5.75 Å². The summed E-state index contributed by atoms with van der Waals surface area (Å²) in [7, 11) is 1.64. The first-order valence-electron chi connectivity index (χ1n) is 5.79. The van der Waals surface area contributed by atoms with Gasteiger partial charge in [-0.2, -0.15) is 0 Å². The summed E-state index contributed by atoms with van der Waals surface area (Å²) in [6.45, 7) is 5.38. The monoisotopic (exact) mass is 241 g/mol. The Balaban J connectivity index is 2.83. The summed E-state index contributed by atoms with van der Waals surface area (Å²) < 4.78 is 5.23. The molecule has 1 rings (SSSR count). The van der Waals surface area contributed by atoms with E-state index < -0.39 is 0 Å². The molecule has 0 aliphatic carbocycles. The van der Waals surface area contributed by atoms with Crippen molar-refractivity contribution in [3.05, 3.63) is 28.8 Å². The standard InChI is InChI=1S/C13H20ClNO/c1-4-8-15-12(5-2)10-6-7-11(14)13(9-10)16-3/h6-7,9,12,15H,4-5,8H2,1-3H3. The predicted molar refractivity (Wildman–Crippen MR) is 69.3 cm³/mol. The third kappa shape index (κ3) is 3.39. The quantitative estimate of drug-likeness (QED) is 0.818. The maximum Gasteiger partial charge on any atom is 0.137 e. The minimum atomic E-state index is 0.381. The molecule has 0 saturated heterocycles. The Morgan fingerprint density at radius 2 is 2.12 bits per heavy atom. The average molecular weight is 242 g/mol. The van der Waals surface area contributed by atoms with Crippen LogP contribution in [0.3, 0.4) is 0 Å². The molecule has 90 valence electrons. The van der Waals surface area contributed by atoms with Crippen LogP contribution in [0.25, 0.3) is 0 Å². The molecule has 1 aromatic carbocycles. The SMILES string of the molecule is CCCNC(CC)c1ccc(Cl)c(OC)c1. The van der Waals surface area contributed by atoms with E-state index in [0.29, 0.717) is 11.1 Å². The molecular formula is C13H20ClNO. The van der Waals surface area contributed by atoms with E-state index in [1.165, 1.54) is 5.56 Å². The van der Waals surface area contributed by atoms with Gasteiger partial charge in [0.15, 0.2) is 0 Å². The molecule has 1 aromatic rings. The van der Waals surface area contributed by atoms with E-state index in [1.54, 1.807) is 7.11 Å². The largest absolute Gasteiger partial charge is 0.495 e. The van der Waals surface area contributed by atoms with Crippen molar-refractivity contribution in [2.24, 2.45) is 0 Å². The van der Waals surface area contributed by atoms with Gasteiger partial charge in [-0.3, -0.25) is 0 Å². The molecule has 1 atom stereocenters. The second-order valence-corrected chi connectivity index (χ2v) is 4.22. The number of hydrogen-bond acceptors (Lipinski definition) is 2. The van der Waals surface area contributed by atoms with E-state index in [0.717, 1.165) is 25.1 Å². The summed E-state index contributed by atoms with van der Waals surface area (Å²) >= 11 is 6.00. The van der Waals surface area contributed by atoms with Crippen LogP contribution in [-0.4, -0.2) is 13.7 Å². The van der Waals surface area contributed by atoms with Crippen molar-refractivity contribution in [2.45, 2.75) is 32.7 Å². The first-order valence-corrected chi connectivity index (χ1v) is 6.17. The van der Waals surface area contributed by atoms with E-state index in [2.05, 4.69) is 25.2 Å². The highest BCUT2D eigenvalue weighted by Gasteiger charge is 2.10. The number of rotatable bonds is 6. The lowest BCUT2D eigenvalue weighted by Crippen LogP contribution is -2.21. The van der Waals surface area contributed by atoms with E-state index in [9.17, 15) is 0 Å². The lowest BCUT2D eigenvalue weighted by Gasteiger charge is -2.18. The molecule has 0 aromatic heterocycles. The summed E-state index contributed by atoms with van der Waals surface area (Å²) in [6, 6.07) is 6.35. The molecule has 0 heterocycles. The molecule has 16 heavy (non-hydrogen) atoms. The molecule has 2 nitrogen and oxygen atoms in total. The summed E-state index contributed by atoms with van der Waals surface area (Å²) in [5.74, 6) is 0.746. The van der Waals surface area contributed by atoms with Crippen LogP contribution in [0.1, 0.15) is 38.3 Å². The van der Waals surface area contributed by atoms with E-state index in [4.69, 9.17) is 16.3 Å². The Hall–Kier alpha value is -0.730. The molecule has 1 unspecified atom stereocenters. The molecule has 1 N–H and O–H groups in total. The van der Waals surface area contributed by atoms with Gasteiger partial charge in [0.05, 0.1) is 12.1 Å². The summed E-state index contributed by atoms with van der Waals surface area (Å²) in [5.41, 5.74) is 1.23. The zero-order valence-electron chi connectivity index (χ0n) is 10.2. The summed E-state index contributed by atoms with van der Waals surface area (Å²) in [6.07, 6.45) is 2.20. The van der Waals surface area contributed by atoms with Crippen LogP contribution in [0.5, 0.6) is 5.75 Å². The zero-order chi connectivity index (χ0) is 12.0.